The number of nitrogens with one attached hydrogen (secondary N) is 1. The zero-order valence-corrected chi connectivity index (χ0v) is 14.2. The number of aromatic nitrogens is 2. The smallest absolute Gasteiger partial charge is 0.267 e. The molecule has 2 N–H and O–H groups in total. The molecule has 0 unspecified atom stereocenters. The molecule has 0 saturated heterocycles. The lowest BCUT2D eigenvalue weighted by molar-refractivity contribution is 0.102. The van der Waals surface area contributed by atoms with Crippen LogP contribution in [0.3, 0.4) is 0 Å². The molecule has 0 aliphatic rings. The van der Waals surface area contributed by atoms with Gasteiger partial charge in [0, 0.05) is 17.5 Å². The van der Waals surface area contributed by atoms with Crippen LogP contribution in [0.5, 0.6) is 5.75 Å². The SMILES string of the molecule is Cc1c(C(=O)Nc2ccccc2O)sc2nc(-c3ccccc3)cn12. The first-order valence-corrected chi connectivity index (χ1v) is 8.58. The van der Waals surface area contributed by atoms with Gasteiger partial charge >= 0.3 is 0 Å². The molecule has 2 aromatic carbocycles. The van der Waals surface area contributed by atoms with Crippen LogP contribution in [0.4, 0.5) is 5.69 Å². The number of benzene rings is 2. The van der Waals surface area contributed by atoms with Crippen molar-refractivity contribution in [2.45, 2.75) is 6.92 Å². The number of para-hydroxylation sites is 2. The van der Waals surface area contributed by atoms with Gasteiger partial charge in [0.05, 0.1) is 11.4 Å². The Balaban J connectivity index is 1.67. The second-order valence-electron chi connectivity index (χ2n) is 5.63. The summed E-state index contributed by atoms with van der Waals surface area (Å²) in [6.07, 6.45) is 1.94. The number of hydrogen-bond donors (Lipinski definition) is 2. The Bertz CT molecular complexity index is 1070. The number of phenols is 1. The summed E-state index contributed by atoms with van der Waals surface area (Å²) in [6.45, 7) is 1.89. The molecule has 4 aromatic rings. The molecule has 4 rings (SSSR count). The quantitative estimate of drug-likeness (QED) is 0.541. The van der Waals surface area contributed by atoms with Gasteiger partial charge in [0.1, 0.15) is 10.6 Å². The van der Waals surface area contributed by atoms with Crippen molar-refractivity contribution in [1.82, 2.24) is 9.38 Å². The third kappa shape index (κ3) is 2.77. The van der Waals surface area contributed by atoms with Crippen LogP contribution in [-0.4, -0.2) is 20.4 Å². The molecule has 0 saturated carbocycles. The number of hydrogen-bond acceptors (Lipinski definition) is 4. The van der Waals surface area contributed by atoms with E-state index in [1.807, 2.05) is 47.9 Å². The van der Waals surface area contributed by atoms with Crippen LogP contribution in [0.1, 0.15) is 15.4 Å². The molecule has 0 radical (unpaired) electrons. The zero-order chi connectivity index (χ0) is 17.4. The Morgan fingerprint density at radius 3 is 2.56 bits per heavy atom. The molecule has 0 spiro atoms. The zero-order valence-electron chi connectivity index (χ0n) is 13.4. The van der Waals surface area contributed by atoms with Crippen molar-refractivity contribution in [3.63, 3.8) is 0 Å². The first-order chi connectivity index (χ1) is 12.1. The number of rotatable bonds is 3. The van der Waals surface area contributed by atoms with E-state index in [1.165, 1.54) is 17.4 Å². The lowest BCUT2D eigenvalue weighted by atomic mass is 10.2. The highest BCUT2D eigenvalue weighted by molar-refractivity contribution is 7.19. The van der Waals surface area contributed by atoms with Crippen LogP contribution in [0.25, 0.3) is 16.2 Å². The number of aromatic hydroxyl groups is 1. The highest BCUT2D eigenvalue weighted by atomic mass is 32.1. The standard InChI is InChI=1S/C19H15N3O2S/c1-12-17(18(24)20-14-9-5-6-10-16(14)23)25-19-21-15(11-22(12)19)13-7-3-2-4-8-13/h2-11,23H,1H3,(H,20,24). The fourth-order valence-corrected chi connectivity index (χ4v) is 3.67. The summed E-state index contributed by atoms with van der Waals surface area (Å²) < 4.78 is 1.92. The Labute approximate surface area is 148 Å². The number of anilines is 1. The first-order valence-electron chi connectivity index (χ1n) is 7.77. The molecule has 6 heteroatoms. The summed E-state index contributed by atoms with van der Waals surface area (Å²) in [6, 6.07) is 16.6. The van der Waals surface area contributed by atoms with E-state index in [0.717, 1.165) is 21.9 Å². The number of imidazole rings is 1. The average molecular weight is 349 g/mol. The number of nitrogens with zero attached hydrogens (tertiary/aromatic N) is 2. The van der Waals surface area contributed by atoms with E-state index < -0.39 is 0 Å². The molecule has 25 heavy (non-hydrogen) atoms. The second-order valence-corrected chi connectivity index (χ2v) is 6.61. The molecule has 0 atom stereocenters. The van der Waals surface area contributed by atoms with Crippen LogP contribution in [0, 0.1) is 6.92 Å². The number of thiazole rings is 1. The Morgan fingerprint density at radius 1 is 1.12 bits per heavy atom. The molecule has 0 fully saturated rings. The third-order valence-electron chi connectivity index (χ3n) is 3.98. The topological polar surface area (TPSA) is 66.6 Å². The van der Waals surface area contributed by atoms with Gasteiger partial charge in [-0.15, -0.1) is 0 Å². The highest BCUT2D eigenvalue weighted by Gasteiger charge is 2.19. The summed E-state index contributed by atoms with van der Waals surface area (Å²) in [5.41, 5.74) is 3.13. The van der Waals surface area contributed by atoms with Crippen molar-refractivity contribution in [3.05, 3.63) is 71.4 Å². The van der Waals surface area contributed by atoms with Crippen molar-refractivity contribution in [2.75, 3.05) is 5.32 Å². The average Bonchev–Trinajstić information content (AvgIpc) is 3.17. The van der Waals surface area contributed by atoms with Crippen molar-refractivity contribution < 1.29 is 9.90 Å². The largest absolute Gasteiger partial charge is 0.506 e. The van der Waals surface area contributed by atoms with Crippen LogP contribution in [0.15, 0.2) is 60.8 Å². The lowest BCUT2D eigenvalue weighted by Crippen LogP contribution is -2.12. The molecular weight excluding hydrogens is 334 g/mol. The predicted molar refractivity (Wildman–Crippen MR) is 99.3 cm³/mol. The molecule has 0 aliphatic heterocycles. The Hall–Kier alpha value is -3.12. The van der Waals surface area contributed by atoms with Crippen molar-refractivity contribution in [3.8, 4) is 17.0 Å². The van der Waals surface area contributed by atoms with Gasteiger partial charge < -0.3 is 10.4 Å². The summed E-state index contributed by atoms with van der Waals surface area (Å²) in [5, 5.41) is 12.6. The van der Waals surface area contributed by atoms with E-state index in [1.54, 1.807) is 18.2 Å². The minimum atomic E-state index is -0.254. The van der Waals surface area contributed by atoms with Gasteiger partial charge in [-0.2, -0.15) is 0 Å². The predicted octanol–water partition coefficient (Wildman–Crippen LogP) is 4.33. The van der Waals surface area contributed by atoms with E-state index in [4.69, 9.17) is 0 Å². The lowest BCUT2D eigenvalue weighted by Gasteiger charge is -2.06. The van der Waals surface area contributed by atoms with Crippen LogP contribution in [-0.2, 0) is 0 Å². The normalized spacial score (nSPS) is 10.9. The minimum Gasteiger partial charge on any atom is -0.506 e. The summed E-state index contributed by atoms with van der Waals surface area (Å²) >= 11 is 1.33. The Kier molecular flexibility index (Phi) is 3.74. The molecule has 2 aromatic heterocycles. The van der Waals surface area contributed by atoms with Crippen LogP contribution < -0.4 is 5.32 Å². The van der Waals surface area contributed by atoms with Crippen molar-refractivity contribution >= 4 is 27.9 Å². The maximum Gasteiger partial charge on any atom is 0.267 e. The second kappa shape index (κ2) is 6.07. The molecule has 1 amide bonds. The molecule has 0 aliphatic carbocycles. The number of aryl methyl sites for hydroxylation is 1. The van der Waals surface area contributed by atoms with Crippen molar-refractivity contribution in [2.24, 2.45) is 0 Å². The molecule has 5 nitrogen and oxygen atoms in total. The van der Waals surface area contributed by atoms with Gasteiger partial charge in [0.2, 0.25) is 0 Å². The molecule has 124 valence electrons. The van der Waals surface area contributed by atoms with E-state index in [2.05, 4.69) is 10.3 Å². The molecule has 2 heterocycles. The maximum absolute atomic E-state index is 12.6. The highest BCUT2D eigenvalue weighted by Crippen LogP contribution is 2.29. The number of carbonyl (C=O) groups is 1. The molecule has 0 bridgehead atoms. The van der Waals surface area contributed by atoms with Gasteiger partial charge in [-0.25, -0.2) is 4.98 Å². The third-order valence-corrected chi connectivity index (χ3v) is 5.14. The minimum absolute atomic E-state index is 0.0428. The van der Waals surface area contributed by atoms with Gasteiger partial charge in [0.15, 0.2) is 4.96 Å². The van der Waals surface area contributed by atoms with E-state index in [0.29, 0.717) is 10.6 Å². The Morgan fingerprint density at radius 2 is 1.84 bits per heavy atom. The summed E-state index contributed by atoms with van der Waals surface area (Å²) in [7, 11) is 0. The van der Waals surface area contributed by atoms with Crippen molar-refractivity contribution in [1.29, 1.82) is 0 Å². The van der Waals surface area contributed by atoms with Crippen LogP contribution in [0.2, 0.25) is 0 Å². The van der Waals surface area contributed by atoms with E-state index in [-0.39, 0.29) is 11.7 Å². The summed E-state index contributed by atoms with van der Waals surface area (Å²) in [4.78, 5) is 18.5. The molecular formula is C19H15N3O2S. The monoisotopic (exact) mass is 349 g/mol. The number of fused-ring (bicyclic) bond motifs is 1. The summed E-state index contributed by atoms with van der Waals surface area (Å²) in [5.74, 6) is -0.211. The maximum atomic E-state index is 12.6. The number of phenolic OH excluding ortho intramolecular Hbond substituents is 1. The van der Waals surface area contributed by atoms with Gasteiger partial charge in [-0.3, -0.25) is 9.20 Å². The van der Waals surface area contributed by atoms with Crippen LogP contribution >= 0.6 is 11.3 Å². The van der Waals surface area contributed by atoms with E-state index in [9.17, 15) is 9.90 Å². The fourth-order valence-electron chi connectivity index (χ4n) is 2.67. The first kappa shape index (κ1) is 15.4. The van der Waals surface area contributed by atoms with Gasteiger partial charge in [0.25, 0.3) is 5.91 Å². The fraction of sp³-hybridized carbons (Fsp3) is 0.0526. The van der Waals surface area contributed by atoms with Gasteiger partial charge in [-0.1, -0.05) is 53.8 Å². The van der Waals surface area contributed by atoms with Gasteiger partial charge in [-0.05, 0) is 19.1 Å². The number of carbonyl (C=O) groups excluding carboxylic acids is 1. The van der Waals surface area contributed by atoms with E-state index >= 15 is 0 Å². The number of amides is 1.